The van der Waals surface area contributed by atoms with Gasteiger partial charge in [-0.1, -0.05) is 5.21 Å². The van der Waals surface area contributed by atoms with Gasteiger partial charge in [0.2, 0.25) is 0 Å². The van der Waals surface area contributed by atoms with Crippen LogP contribution < -0.4 is 9.47 Å². The van der Waals surface area contributed by atoms with Gasteiger partial charge in [-0.25, -0.2) is 4.68 Å². The summed E-state index contributed by atoms with van der Waals surface area (Å²) in [6.45, 7) is 4.31. The summed E-state index contributed by atoms with van der Waals surface area (Å²) in [6, 6.07) is 5.71. The molecule has 0 saturated heterocycles. The highest BCUT2D eigenvalue weighted by atomic mass is 16.5. The predicted molar refractivity (Wildman–Crippen MR) is 63.1 cm³/mol. The molecule has 5 nitrogen and oxygen atoms in total. The van der Waals surface area contributed by atoms with E-state index in [-0.39, 0.29) is 0 Å². The number of ether oxygens (including phenoxy) is 2. The summed E-state index contributed by atoms with van der Waals surface area (Å²) >= 11 is 0. The van der Waals surface area contributed by atoms with E-state index in [0.717, 1.165) is 17.1 Å². The van der Waals surface area contributed by atoms with Crippen LogP contribution in [-0.4, -0.2) is 29.2 Å². The van der Waals surface area contributed by atoms with Crippen LogP contribution in [0.2, 0.25) is 0 Å². The van der Waals surface area contributed by atoms with E-state index in [1.165, 1.54) is 0 Å². The first-order valence-electron chi connectivity index (χ1n) is 5.15. The fourth-order valence-electron chi connectivity index (χ4n) is 1.56. The van der Waals surface area contributed by atoms with Crippen molar-refractivity contribution in [3.05, 3.63) is 42.6 Å². The molecule has 1 aromatic carbocycles. The van der Waals surface area contributed by atoms with Gasteiger partial charge in [-0.3, -0.25) is 0 Å². The molecule has 0 saturated carbocycles. The third-order valence-electron chi connectivity index (χ3n) is 2.34. The van der Waals surface area contributed by atoms with E-state index in [1.54, 1.807) is 25.1 Å². The Bertz CT molecular complexity index is 486. The first-order valence-corrected chi connectivity index (χ1v) is 5.15. The molecule has 1 aromatic heterocycles. The van der Waals surface area contributed by atoms with Gasteiger partial charge in [0.25, 0.3) is 0 Å². The maximum absolute atomic E-state index is 5.20. The SMILES string of the molecule is [CH2]c1cn(Cc2cc(OC)cc(OC)c2)nn1. The Balaban J connectivity index is 2.25. The van der Waals surface area contributed by atoms with Crippen LogP contribution in [0.25, 0.3) is 0 Å². The first-order chi connectivity index (χ1) is 8.21. The van der Waals surface area contributed by atoms with Gasteiger partial charge in [0.05, 0.1) is 26.5 Å². The summed E-state index contributed by atoms with van der Waals surface area (Å²) in [5, 5.41) is 7.78. The monoisotopic (exact) mass is 232 g/mol. The van der Waals surface area contributed by atoms with Crippen molar-refractivity contribution < 1.29 is 9.47 Å². The first kappa shape index (κ1) is 11.4. The van der Waals surface area contributed by atoms with Crippen LogP contribution in [0.5, 0.6) is 11.5 Å². The summed E-state index contributed by atoms with van der Waals surface area (Å²) in [7, 11) is 3.25. The van der Waals surface area contributed by atoms with Crippen molar-refractivity contribution in [2.45, 2.75) is 6.54 Å². The van der Waals surface area contributed by atoms with E-state index < -0.39 is 0 Å². The van der Waals surface area contributed by atoms with Crippen LogP contribution >= 0.6 is 0 Å². The van der Waals surface area contributed by atoms with E-state index in [1.807, 2.05) is 18.2 Å². The Morgan fingerprint density at radius 3 is 2.29 bits per heavy atom. The summed E-state index contributed by atoms with van der Waals surface area (Å²) in [5.41, 5.74) is 1.69. The maximum Gasteiger partial charge on any atom is 0.122 e. The summed E-state index contributed by atoms with van der Waals surface area (Å²) in [5.74, 6) is 1.52. The molecule has 0 aliphatic heterocycles. The lowest BCUT2D eigenvalue weighted by molar-refractivity contribution is 0.393. The van der Waals surface area contributed by atoms with Crippen molar-refractivity contribution in [2.24, 2.45) is 0 Å². The number of hydrogen-bond acceptors (Lipinski definition) is 4. The standard InChI is InChI=1S/C12H14N3O2/c1-9-7-15(14-13-9)8-10-4-11(16-2)6-12(5-10)17-3/h4-7H,1,8H2,2-3H3. The second-order valence-corrected chi connectivity index (χ2v) is 3.63. The van der Waals surface area contributed by atoms with Crippen molar-refractivity contribution in [3.63, 3.8) is 0 Å². The molecule has 1 heterocycles. The molecular weight excluding hydrogens is 218 g/mol. The van der Waals surface area contributed by atoms with Crippen LogP contribution in [0, 0.1) is 6.92 Å². The Hall–Kier alpha value is -2.04. The fraction of sp³-hybridized carbons (Fsp3) is 0.250. The zero-order valence-corrected chi connectivity index (χ0v) is 9.88. The van der Waals surface area contributed by atoms with Crippen molar-refractivity contribution in [2.75, 3.05) is 14.2 Å². The lowest BCUT2D eigenvalue weighted by atomic mass is 10.2. The molecule has 89 valence electrons. The minimum absolute atomic E-state index is 0.607. The minimum atomic E-state index is 0.607. The normalized spacial score (nSPS) is 10.3. The second kappa shape index (κ2) is 4.86. The quantitative estimate of drug-likeness (QED) is 0.802. The average molecular weight is 232 g/mol. The number of aromatic nitrogens is 3. The topological polar surface area (TPSA) is 49.2 Å². The van der Waals surface area contributed by atoms with Crippen LogP contribution in [0.15, 0.2) is 24.4 Å². The molecule has 0 bridgehead atoms. The van der Waals surface area contributed by atoms with Crippen molar-refractivity contribution in [3.8, 4) is 11.5 Å². The molecule has 5 heteroatoms. The Morgan fingerprint density at radius 1 is 1.18 bits per heavy atom. The van der Waals surface area contributed by atoms with Crippen LogP contribution in [0.1, 0.15) is 11.3 Å². The van der Waals surface area contributed by atoms with Gasteiger partial charge in [0.1, 0.15) is 11.5 Å². The Kier molecular flexibility index (Phi) is 3.27. The van der Waals surface area contributed by atoms with Gasteiger partial charge < -0.3 is 9.47 Å². The Morgan fingerprint density at radius 2 is 1.82 bits per heavy atom. The third kappa shape index (κ3) is 2.75. The molecule has 0 aliphatic carbocycles. The molecule has 1 radical (unpaired) electrons. The van der Waals surface area contributed by atoms with Gasteiger partial charge in [-0.2, -0.15) is 0 Å². The van der Waals surface area contributed by atoms with E-state index in [2.05, 4.69) is 17.2 Å². The fourth-order valence-corrected chi connectivity index (χ4v) is 1.56. The molecule has 0 spiro atoms. The number of rotatable bonds is 4. The lowest BCUT2D eigenvalue weighted by Crippen LogP contribution is -2.01. The molecule has 0 unspecified atom stereocenters. The smallest absolute Gasteiger partial charge is 0.122 e. The highest BCUT2D eigenvalue weighted by Crippen LogP contribution is 2.22. The van der Waals surface area contributed by atoms with Gasteiger partial charge in [-0.05, 0) is 24.6 Å². The number of methoxy groups -OCH3 is 2. The molecule has 0 fully saturated rings. The summed E-state index contributed by atoms with van der Waals surface area (Å²) in [4.78, 5) is 0. The largest absolute Gasteiger partial charge is 0.497 e. The van der Waals surface area contributed by atoms with Crippen molar-refractivity contribution in [1.29, 1.82) is 0 Å². The average Bonchev–Trinajstić information content (AvgIpc) is 2.74. The maximum atomic E-state index is 5.20. The molecule has 2 aromatic rings. The van der Waals surface area contributed by atoms with Crippen molar-refractivity contribution >= 4 is 0 Å². The molecule has 17 heavy (non-hydrogen) atoms. The van der Waals surface area contributed by atoms with Gasteiger partial charge in [-0.15, -0.1) is 5.10 Å². The van der Waals surface area contributed by atoms with Gasteiger partial charge in [0.15, 0.2) is 0 Å². The van der Waals surface area contributed by atoms with Gasteiger partial charge in [0, 0.05) is 12.3 Å². The van der Waals surface area contributed by atoms with E-state index in [0.29, 0.717) is 12.2 Å². The molecular formula is C12H14N3O2. The van der Waals surface area contributed by atoms with Gasteiger partial charge >= 0.3 is 0 Å². The zero-order chi connectivity index (χ0) is 12.3. The van der Waals surface area contributed by atoms with E-state index >= 15 is 0 Å². The highest BCUT2D eigenvalue weighted by molar-refractivity contribution is 5.38. The number of nitrogens with zero attached hydrogens (tertiary/aromatic N) is 3. The molecule has 0 N–H and O–H groups in total. The van der Waals surface area contributed by atoms with Crippen LogP contribution in [0.4, 0.5) is 0 Å². The van der Waals surface area contributed by atoms with Crippen molar-refractivity contribution in [1.82, 2.24) is 15.0 Å². The molecule has 0 amide bonds. The van der Waals surface area contributed by atoms with E-state index in [9.17, 15) is 0 Å². The minimum Gasteiger partial charge on any atom is -0.497 e. The zero-order valence-electron chi connectivity index (χ0n) is 9.88. The summed E-state index contributed by atoms with van der Waals surface area (Å²) in [6.07, 6.45) is 1.78. The molecule has 0 atom stereocenters. The Labute approximate surface area is 100.0 Å². The molecule has 2 rings (SSSR count). The second-order valence-electron chi connectivity index (χ2n) is 3.63. The van der Waals surface area contributed by atoms with Crippen LogP contribution in [0.3, 0.4) is 0 Å². The third-order valence-corrected chi connectivity index (χ3v) is 2.34. The summed E-state index contributed by atoms with van der Waals surface area (Å²) < 4.78 is 12.1. The van der Waals surface area contributed by atoms with E-state index in [4.69, 9.17) is 9.47 Å². The van der Waals surface area contributed by atoms with Crippen LogP contribution in [-0.2, 0) is 6.54 Å². The lowest BCUT2D eigenvalue weighted by Gasteiger charge is -2.08. The molecule has 0 aliphatic rings. The predicted octanol–water partition coefficient (Wildman–Crippen LogP) is 1.53. The number of benzene rings is 1. The highest BCUT2D eigenvalue weighted by Gasteiger charge is 2.03. The number of hydrogen-bond donors (Lipinski definition) is 0.